The number of hydrogen-bond donors (Lipinski definition) is 1. The molecule has 2 heteroatoms. The largest absolute Gasteiger partial charge is 0.310 e. The topological polar surface area (TPSA) is 24.9 Å². The predicted octanol–water partition coefficient (Wildman–Crippen LogP) is 3.09. The lowest BCUT2D eigenvalue weighted by atomic mass is 9.98. The van der Waals surface area contributed by atoms with Crippen LogP contribution in [0.4, 0.5) is 0 Å². The third-order valence-electron chi connectivity index (χ3n) is 4.58. The first kappa shape index (κ1) is 11.2. The highest BCUT2D eigenvalue weighted by atomic mass is 14.9. The molecular weight excluding hydrogens is 208 g/mol. The van der Waals surface area contributed by atoms with E-state index in [-0.39, 0.29) is 0 Å². The summed E-state index contributed by atoms with van der Waals surface area (Å²) in [6.07, 6.45) is 6.43. The molecule has 0 amide bonds. The molecule has 1 aromatic heterocycles. The molecule has 2 aliphatic carbocycles. The van der Waals surface area contributed by atoms with Gasteiger partial charge in [-0.2, -0.15) is 0 Å². The van der Waals surface area contributed by atoms with Gasteiger partial charge in [-0.05, 0) is 55.7 Å². The minimum Gasteiger partial charge on any atom is -0.310 e. The van der Waals surface area contributed by atoms with Crippen LogP contribution in [0.5, 0.6) is 0 Å². The minimum absolute atomic E-state index is 0.545. The molecule has 0 spiro atoms. The van der Waals surface area contributed by atoms with Crippen LogP contribution in [0.25, 0.3) is 0 Å². The van der Waals surface area contributed by atoms with Crippen molar-refractivity contribution in [1.29, 1.82) is 0 Å². The van der Waals surface area contributed by atoms with Crippen LogP contribution in [0.1, 0.15) is 43.5 Å². The zero-order chi connectivity index (χ0) is 11.8. The molecule has 1 heterocycles. The van der Waals surface area contributed by atoms with E-state index in [1.807, 2.05) is 0 Å². The Morgan fingerprint density at radius 3 is 2.71 bits per heavy atom. The maximum atomic E-state index is 4.45. The van der Waals surface area contributed by atoms with E-state index in [4.69, 9.17) is 0 Å². The number of aryl methyl sites for hydroxylation is 1. The molecular formula is C15H22N2. The zero-order valence-electron chi connectivity index (χ0n) is 10.8. The molecule has 0 aromatic carbocycles. The van der Waals surface area contributed by atoms with Crippen LogP contribution >= 0.6 is 0 Å². The van der Waals surface area contributed by atoms with Crippen LogP contribution in [-0.2, 0) is 0 Å². The minimum atomic E-state index is 0.545. The highest BCUT2D eigenvalue weighted by molar-refractivity contribution is 5.22. The first-order chi connectivity index (χ1) is 8.31. The van der Waals surface area contributed by atoms with Gasteiger partial charge in [-0.1, -0.05) is 19.4 Å². The second-order valence-corrected chi connectivity index (χ2v) is 5.60. The molecule has 0 radical (unpaired) electrons. The molecule has 0 aliphatic heterocycles. The Hall–Kier alpha value is -0.890. The average molecular weight is 230 g/mol. The van der Waals surface area contributed by atoms with Crippen molar-refractivity contribution in [2.75, 3.05) is 6.54 Å². The maximum Gasteiger partial charge on any atom is 0.0372 e. The maximum absolute atomic E-state index is 4.45. The molecule has 17 heavy (non-hydrogen) atoms. The van der Waals surface area contributed by atoms with E-state index in [2.05, 4.69) is 42.5 Å². The zero-order valence-corrected chi connectivity index (χ0v) is 10.8. The summed E-state index contributed by atoms with van der Waals surface area (Å²) in [7, 11) is 0. The van der Waals surface area contributed by atoms with Gasteiger partial charge in [-0.15, -0.1) is 0 Å². The number of rotatable bonds is 4. The Morgan fingerprint density at radius 1 is 1.35 bits per heavy atom. The van der Waals surface area contributed by atoms with Gasteiger partial charge in [0, 0.05) is 17.9 Å². The summed E-state index contributed by atoms with van der Waals surface area (Å²) in [6.45, 7) is 5.30. The van der Waals surface area contributed by atoms with Crippen molar-refractivity contribution >= 4 is 0 Å². The fourth-order valence-corrected chi connectivity index (χ4v) is 3.73. The van der Waals surface area contributed by atoms with Gasteiger partial charge in [0.05, 0.1) is 0 Å². The number of nitrogens with one attached hydrogen (secondary N) is 1. The van der Waals surface area contributed by atoms with E-state index >= 15 is 0 Å². The smallest absolute Gasteiger partial charge is 0.0372 e. The van der Waals surface area contributed by atoms with Gasteiger partial charge < -0.3 is 5.32 Å². The van der Waals surface area contributed by atoms with Gasteiger partial charge in [0.25, 0.3) is 0 Å². The number of fused-ring (bicyclic) bond motifs is 1. The molecule has 2 fully saturated rings. The average Bonchev–Trinajstić information content (AvgIpc) is 2.80. The summed E-state index contributed by atoms with van der Waals surface area (Å²) in [5.74, 6) is 2.88. The van der Waals surface area contributed by atoms with E-state index in [0.717, 1.165) is 30.0 Å². The standard InChI is InChI=1S/C15H22N2/c1-3-16-15(11-8-7-10(2)17-9-11)14-12-5-4-6-13(12)14/h7-9,12-16H,3-6H2,1-2H3. The predicted molar refractivity (Wildman–Crippen MR) is 69.7 cm³/mol. The van der Waals surface area contributed by atoms with Crippen molar-refractivity contribution in [2.24, 2.45) is 17.8 Å². The number of pyridine rings is 1. The molecule has 3 atom stereocenters. The van der Waals surface area contributed by atoms with Crippen molar-refractivity contribution in [3.05, 3.63) is 29.6 Å². The highest BCUT2D eigenvalue weighted by Gasteiger charge is 2.55. The lowest BCUT2D eigenvalue weighted by Crippen LogP contribution is -2.24. The van der Waals surface area contributed by atoms with E-state index in [1.165, 1.54) is 24.8 Å². The second-order valence-electron chi connectivity index (χ2n) is 5.60. The molecule has 1 aromatic rings. The first-order valence-corrected chi connectivity index (χ1v) is 6.97. The Balaban J connectivity index is 1.78. The molecule has 92 valence electrons. The highest BCUT2D eigenvalue weighted by Crippen LogP contribution is 2.62. The van der Waals surface area contributed by atoms with Crippen LogP contribution in [0.3, 0.4) is 0 Å². The Morgan fingerprint density at radius 2 is 2.12 bits per heavy atom. The van der Waals surface area contributed by atoms with Crippen molar-refractivity contribution < 1.29 is 0 Å². The van der Waals surface area contributed by atoms with Crippen LogP contribution in [0, 0.1) is 24.7 Å². The van der Waals surface area contributed by atoms with Gasteiger partial charge >= 0.3 is 0 Å². The SMILES string of the molecule is CCNC(c1ccc(C)nc1)C1C2CCCC21. The number of aromatic nitrogens is 1. The molecule has 0 bridgehead atoms. The quantitative estimate of drug-likeness (QED) is 0.859. The van der Waals surface area contributed by atoms with E-state index in [0.29, 0.717) is 6.04 Å². The normalized spacial score (nSPS) is 32.2. The first-order valence-electron chi connectivity index (χ1n) is 6.97. The van der Waals surface area contributed by atoms with Gasteiger partial charge in [-0.25, -0.2) is 0 Å². The second kappa shape index (κ2) is 4.41. The van der Waals surface area contributed by atoms with Crippen molar-refractivity contribution in [1.82, 2.24) is 10.3 Å². The lowest BCUT2D eigenvalue weighted by molar-refractivity contribution is 0.425. The molecule has 3 unspecified atom stereocenters. The monoisotopic (exact) mass is 230 g/mol. The number of hydrogen-bond acceptors (Lipinski definition) is 2. The van der Waals surface area contributed by atoms with Gasteiger partial charge in [-0.3, -0.25) is 4.98 Å². The van der Waals surface area contributed by atoms with Crippen LogP contribution < -0.4 is 5.32 Å². The van der Waals surface area contributed by atoms with Crippen LogP contribution in [-0.4, -0.2) is 11.5 Å². The fraction of sp³-hybridized carbons (Fsp3) is 0.667. The summed E-state index contributed by atoms with van der Waals surface area (Å²) >= 11 is 0. The van der Waals surface area contributed by atoms with Crippen LogP contribution in [0.15, 0.2) is 18.3 Å². The molecule has 0 saturated heterocycles. The van der Waals surface area contributed by atoms with E-state index < -0.39 is 0 Å². The molecule has 1 N–H and O–H groups in total. The van der Waals surface area contributed by atoms with Crippen molar-refractivity contribution in [3.8, 4) is 0 Å². The fourth-order valence-electron chi connectivity index (χ4n) is 3.73. The van der Waals surface area contributed by atoms with Gasteiger partial charge in [0.15, 0.2) is 0 Å². The summed E-state index contributed by atoms with van der Waals surface area (Å²) < 4.78 is 0. The molecule has 3 rings (SSSR count). The van der Waals surface area contributed by atoms with E-state index in [9.17, 15) is 0 Å². The summed E-state index contributed by atoms with van der Waals surface area (Å²) in [6, 6.07) is 4.94. The van der Waals surface area contributed by atoms with Gasteiger partial charge in [0.1, 0.15) is 0 Å². The Labute approximate surface area is 104 Å². The summed E-state index contributed by atoms with van der Waals surface area (Å²) in [4.78, 5) is 4.45. The Bertz CT molecular complexity index is 374. The Kier molecular flexibility index (Phi) is 2.91. The molecule has 2 aliphatic rings. The van der Waals surface area contributed by atoms with Crippen molar-refractivity contribution in [2.45, 2.75) is 39.2 Å². The third kappa shape index (κ3) is 1.99. The lowest BCUT2D eigenvalue weighted by Gasteiger charge is -2.20. The third-order valence-corrected chi connectivity index (χ3v) is 4.58. The van der Waals surface area contributed by atoms with E-state index in [1.54, 1.807) is 0 Å². The van der Waals surface area contributed by atoms with Crippen LogP contribution in [0.2, 0.25) is 0 Å². The van der Waals surface area contributed by atoms with Gasteiger partial charge in [0.2, 0.25) is 0 Å². The molecule has 2 saturated carbocycles. The molecule has 2 nitrogen and oxygen atoms in total. The summed E-state index contributed by atoms with van der Waals surface area (Å²) in [5.41, 5.74) is 2.50. The number of nitrogens with zero attached hydrogens (tertiary/aromatic N) is 1. The van der Waals surface area contributed by atoms with Crippen molar-refractivity contribution in [3.63, 3.8) is 0 Å². The summed E-state index contributed by atoms with van der Waals surface area (Å²) in [5, 5.41) is 3.67.